The van der Waals surface area contributed by atoms with Crippen molar-refractivity contribution < 1.29 is 0 Å². The summed E-state index contributed by atoms with van der Waals surface area (Å²) >= 11 is 1.61. The quantitative estimate of drug-likeness (QED) is 0.519. The van der Waals surface area contributed by atoms with Crippen molar-refractivity contribution in [1.29, 1.82) is 0 Å². The molecule has 0 aliphatic heterocycles. The van der Waals surface area contributed by atoms with Gasteiger partial charge in [0.2, 0.25) is 0 Å². The Bertz CT molecular complexity index is 1080. The number of hydrogen-bond acceptors (Lipinski definition) is 4. The molecule has 25 heavy (non-hydrogen) atoms. The molecule has 0 N–H and O–H groups in total. The first-order valence-electron chi connectivity index (χ1n) is 8.00. The predicted molar refractivity (Wildman–Crippen MR) is 98.5 cm³/mol. The predicted octanol–water partition coefficient (Wildman–Crippen LogP) is 2.78. The molecule has 0 saturated carbocycles. The number of rotatable bonds is 5. The third-order valence-corrected chi connectivity index (χ3v) is 4.95. The van der Waals surface area contributed by atoms with Crippen LogP contribution in [0.15, 0.2) is 71.0 Å². The Morgan fingerprint density at radius 2 is 1.92 bits per heavy atom. The largest absolute Gasteiger partial charge is 0.350 e. The monoisotopic (exact) mass is 351 g/mol. The minimum absolute atomic E-state index is 0.113. The fourth-order valence-electron chi connectivity index (χ4n) is 2.75. The molecule has 0 amide bonds. The lowest BCUT2D eigenvalue weighted by molar-refractivity contribution is 0.639. The van der Waals surface area contributed by atoms with Gasteiger partial charge < -0.3 is 0 Å². The number of thioether (sulfide) groups is 1. The van der Waals surface area contributed by atoms with E-state index in [9.17, 15) is 4.79 Å². The molecule has 0 aliphatic carbocycles. The highest BCUT2D eigenvalue weighted by Gasteiger charge is 2.09. The van der Waals surface area contributed by atoms with Gasteiger partial charge in [0.15, 0.2) is 10.8 Å². The highest BCUT2D eigenvalue weighted by molar-refractivity contribution is 7.99. The number of benzene rings is 1. The van der Waals surface area contributed by atoms with Crippen LogP contribution < -0.4 is 5.69 Å². The van der Waals surface area contributed by atoms with E-state index >= 15 is 0 Å². The van der Waals surface area contributed by atoms with Gasteiger partial charge >= 0.3 is 5.69 Å². The summed E-state index contributed by atoms with van der Waals surface area (Å²) in [5.74, 6) is 0.715. The molecular weight excluding hydrogens is 334 g/mol. The molecule has 0 spiro atoms. The van der Waals surface area contributed by atoms with Crippen molar-refractivity contribution in [1.82, 2.24) is 23.7 Å². The molecule has 126 valence electrons. The summed E-state index contributed by atoms with van der Waals surface area (Å²) in [5.41, 5.74) is 2.86. The van der Waals surface area contributed by atoms with E-state index in [1.807, 2.05) is 36.5 Å². The summed E-state index contributed by atoms with van der Waals surface area (Å²) in [7, 11) is 0. The van der Waals surface area contributed by atoms with Crippen LogP contribution >= 0.6 is 11.8 Å². The lowest BCUT2D eigenvalue weighted by Gasteiger charge is -2.10. The van der Waals surface area contributed by atoms with E-state index in [2.05, 4.69) is 33.7 Å². The molecule has 4 aromatic rings. The van der Waals surface area contributed by atoms with E-state index in [0.717, 1.165) is 10.8 Å². The van der Waals surface area contributed by atoms with Gasteiger partial charge in [-0.3, -0.25) is 8.97 Å². The first-order chi connectivity index (χ1) is 12.2. The zero-order valence-corrected chi connectivity index (χ0v) is 14.6. The molecule has 0 unspecified atom stereocenters. The van der Waals surface area contributed by atoms with Crippen LogP contribution in [-0.2, 0) is 6.54 Å². The van der Waals surface area contributed by atoms with Crippen LogP contribution in [0, 0.1) is 6.92 Å². The van der Waals surface area contributed by atoms with Gasteiger partial charge in [-0.1, -0.05) is 36.0 Å². The Balaban J connectivity index is 1.51. The van der Waals surface area contributed by atoms with Crippen molar-refractivity contribution in [3.05, 3.63) is 77.1 Å². The van der Waals surface area contributed by atoms with Crippen LogP contribution in [-0.4, -0.2) is 29.5 Å². The van der Waals surface area contributed by atoms with Gasteiger partial charge in [-0.2, -0.15) is 0 Å². The molecule has 7 heteroatoms. The first-order valence-corrected chi connectivity index (χ1v) is 8.99. The zero-order valence-electron chi connectivity index (χ0n) is 13.7. The van der Waals surface area contributed by atoms with Gasteiger partial charge in [-0.15, -0.1) is 5.10 Å². The van der Waals surface area contributed by atoms with Crippen LogP contribution in [0.2, 0.25) is 0 Å². The van der Waals surface area contributed by atoms with Gasteiger partial charge in [-0.05, 0) is 30.7 Å². The second-order valence-electron chi connectivity index (χ2n) is 5.65. The molecule has 0 fully saturated rings. The van der Waals surface area contributed by atoms with E-state index in [1.54, 1.807) is 28.6 Å². The van der Waals surface area contributed by atoms with Crippen molar-refractivity contribution in [3.8, 4) is 5.69 Å². The van der Waals surface area contributed by atoms with E-state index in [-0.39, 0.29) is 5.69 Å². The lowest BCUT2D eigenvalue weighted by Crippen LogP contribution is -2.22. The van der Waals surface area contributed by atoms with Gasteiger partial charge in [0.1, 0.15) is 0 Å². The van der Waals surface area contributed by atoms with E-state index in [4.69, 9.17) is 0 Å². The molecule has 0 aliphatic rings. The lowest BCUT2D eigenvalue weighted by atomic mass is 10.2. The first kappa shape index (κ1) is 15.7. The number of hydrogen-bond donors (Lipinski definition) is 0. The molecule has 0 saturated heterocycles. The van der Waals surface area contributed by atoms with Crippen molar-refractivity contribution in [3.63, 3.8) is 0 Å². The summed E-state index contributed by atoms with van der Waals surface area (Å²) in [4.78, 5) is 16.7. The SMILES string of the molecule is Cc1ccccc1-n1ccnc1SCCn1nc2ccccn2c1=O. The average Bonchev–Trinajstić information content (AvgIpc) is 3.21. The molecule has 0 atom stereocenters. The fourth-order valence-corrected chi connectivity index (χ4v) is 3.63. The Labute approximate surface area is 148 Å². The minimum Gasteiger partial charge on any atom is -0.295 e. The topological polar surface area (TPSA) is 57.1 Å². The average molecular weight is 351 g/mol. The minimum atomic E-state index is -0.113. The molecule has 0 bridgehead atoms. The number of aryl methyl sites for hydroxylation is 2. The summed E-state index contributed by atoms with van der Waals surface area (Å²) in [6.07, 6.45) is 5.49. The van der Waals surface area contributed by atoms with Crippen molar-refractivity contribution in [2.45, 2.75) is 18.6 Å². The van der Waals surface area contributed by atoms with Gasteiger partial charge in [-0.25, -0.2) is 14.5 Å². The van der Waals surface area contributed by atoms with Crippen LogP contribution in [0.5, 0.6) is 0 Å². The van der Waals surface area contributed by atoms with Crippen molar-refractivity contribution >= 4 is 17.4 Å². The Morgan fingerprint density at radius 3 is 2.76 bits per heavy atom. The summed E-state index contributed by atoms with van der Waals surface area (Å²) in [5, 5.41) is 5.26. The third kappa shape index (κ3) is 2.98. The number of nitrogens with zero attached hydrogens (tertiary/aromatic N) is 5. The second kappa shape index (κ2) is 6.60. The van der Waals surface area contributed by atoms with Crippen LogP contribution in [0.4, 0.5) is 0 Å². The number of imidazole rings is 1. The van der Waals surface area contributed by atoms with Crippen LogP contribution in [0.25, 0.3) is 11.3 Å². The Morgan fingerprint density at radius 1 is 1.08 bits per heavy atom. The summed E-state index contributed by atoms with van der Waals surface area (Å²) in [6, 6.07) is 13.7. The number of para-hydroxylation sites is 1. The van der Waals surface area contributed by atoms with Gasteiger partial charge in [0.25, 0.3) is 0 Å². The normalized spacial score (nSPS) is 11.2. The molecule has 3 aromatic heterocycles. The van der Waals surface area contributed by atoms with E-state index in [1.165, 1.54) is 10.2 Å². The van der Waals surface area contributed by atoms with Crippen molar-refractivity contribution in [2.75, 3.05) is 5.75 Å². The zero-order chi connectivity index (χ0) is 17.2. The second-order valence-corrected chi connectivity index (χ2v) is 6.71. The van der Waals surface area contributed by atoms with Crippen molar-refractivity contribution in [2.24, 2.45) is 0 Å². The molecule has 4 rings (SSSR count). The van der Waals surface area contributed by atoms with E-state index < -0.39 is 0 Å². The highest BCUT2D eigenvalue weighted by atomic mass is 32.2. The molecule has 3 heterocycles. The molecular formula is C18H17N5OS. The maximum absolute atomic E-state index is 12.3. The molecule has 1 aromatic carbocycles. The van der Waals surface area contributed by atoms with Gasteiger partial charge in [0.05, 0.1) is 12.2 Å². The number of pyridine rings is 1. The fraction of sp³-hybridized carbons (Fsp3) is 0.167. The molecule has 0 radical (unpaired) electrons. The number of aromatic nitrogens is 5. The standard InChI is InChI=1S/C18H17N5OS/c1-14-6-2-3-7-15(14)21-11-9-19-17(21)25-13-12-23-18(24)22-10-5-4-8-16(22)20-23/h2-11H,12-13H2,1H3. The summed E-state index contributed by atoms with van der Waals surface area (Å²) < 4.78 is 5.13. The highest BCUT2D eigenvalue weighted by Crippen LogP contribution is 2.22. The van der Waals surface area contributed by atoms with Crippen LogP contribution in [0.1, 0.15) is 5.56 Å². The molecule has 6 nitrogen and oxygen atoms in total. The van der Waals surface area contributed by atoms with Gasteiger partial charge in [0, 0.05) is 24.3 Å². The maximum atomic E-state index is 12.3. The van der Waals surface area contributed by atoms with E-state index in [0.29, 0.717) is 17.9 Å². The maximum Gasteiger partial charge on any atom is 0.350 e. The smallest absolute Gasteiger partial charge is 0.295 e. The Kier molecular flexibility index (Phi) is 4.15. The Hall–Kier alpha value is -2.80. The number of fused-ring (bicyclic) bond motifs is 1. The summed E-state index contributed by atoms with van der Waals surface area (Å²) in [6.45, 7) is 2.62. The third-order valence-electron chi connectivity index (χ3n) is 4.00. The van der Waals surface area contributed by atoms with Crippen LogP contribution in [0.3, 0.4) is 0 Å².